The molecule has 1 N–H and O–H groups in total. The average molecular weight is 321 g/mol. The molecule has 116 valence electrons. The van der Waals surface area contributed by atoms with Gasteiger partial charge in [-0.25, -0.2) is 0 Å². The molecule has 1 aliphatic rings. The molecule has 0 saturated carbocycles. The number of ether oxygens (including phenoxy) is 2. The summed E-state index contributed by atoms with van der Waals surface area (Å²) in [7, 11) is 0. The third-order valence-electron chi connectivity index (χ3n) is 3.19. The molecule has 0 saturated heterocycles. The van der Waals surface area contributed by atoms with Crippen molar-refractivity contribution in [3.63, 3.8) is 0 Å². The van der Waals surface area contributed by atoms with Crippen LogP contribution in [-0.4, -0.2) is 24.1 Å². The summed E-state index contributed by atoms with van der Waals surface area (Å²) in [6.07, 6.45) is 4.06. The van der Waals surface area contributed by atoms with Gasteiger partial charge in [-0.15, -0.1) is 12.4 Å². The Morgan fingerprint density at radius 3 is 2.77 bits per heavy atom. The number of aromatic nitrogens is 1. The highest BCUT2D eigenvalue weighted by atomic mass is 35.5. The monoisotopic (exact) mass is 320 g/mol. The summed E-state index contributed by atoms with van der Waals surface area (Å²) < 4.78 is 11.2. The van der Waals surface area contributed by atoms with E-state index in [1.807, 2.05) is 18.2 Å². The summed E-state index contributed by atoms with van der Waals surface area (Å²) in [5, 5.41) is 2.86. The van der Waals surface area contributed by atoms with Crippen LogP contribution in [0.4, 0.5) is 0 Å². The number of hydrogen-bond donors (Lipinski definition) is 1. The Hall–Kier alpha value is -2.27. The number of hydrogen-bond acceptors (Lipinski definition) is 4. The largest absolute Gasteiger partial charge is 0.490 e. The summed E-state index contributed by atoms with van der Waals surface area (Å²) in [6.45, 7) is 1.76. The van der Waals surface area contributed by atoms with Crippen molar-refractivity contribution in [1.82, 2.24) is 10.3 Å². The molecule has 0 bridgehead atoms. The van der Waals surface area contributed by atoms with E-state index in [1.165, 1.54) is 0 Å². The number of carbonyl (C=O) groups excluding carboxylic acids is 1. The first kappa shape index (κ1) is 16.1. The van der Waals surface area contributed by atoms with Crippen LogP contribution in [0.5, 0.6) is 11.5 Å². The third kappa shape index (κ3) is 3.89. The van der Waals surface area contributed by atoms with Crippen molar-refractivity contribution in [2.24, 2.45) is 0 Å². The Morgan fingerprint density at radius 1 is 1.18 bits per heavy atom. The Balaban J connectivity index is 0.00000176. The molecular weight excluding hydrogens is 304 g/mol. The Morgan fingerprint density at radius 2 is 2.00 bits per heavy atom. The zero-order valence-electron chi connectivity index (χ0n) is 12.0. The second-order valence-electron chi connectivity index (χ2n) is 4.76. The third-order valence-corrected chi connectivity index (χ3v) is 3.19. The quantitative estimate of drug-likeness (QED) is 0.944. The summed E-state index contributed by atoms with van der Waals surface area (Å²) >= 11 is 0. The van der Waals surface area contributed by atoms with Crippen LogP contribution in [0, 0.1) is 0 Å². The normalized spacial score (nSPS) is 12.7. The van der Waals surface area contributed by atoms with Gasteiger partial charge < -0.3 is 14.8 Å². The molecule has 1 aromatic heterocycles. The lowest BCUT2D eigenvalue weighted by Gasteiger charge is -2.10. The van der Waals surface area contributed by atoms with E-state index in [9.17, 15) is 4.79 Å². The molecule has 0 radical (unpaired) electrons. The molecule has 0 fully saturated rings. The van der Waals surface area contributed by atoms with E-state index in [1.54, 1.807) is 24.5 Å². The smallest absolute Gasteiger partial charge is 0.253 e. The molecule has 3 rings (SSSR count). The lowest BCUT2D eigenvalue weighted by Crippen LogP contribution is -2.22. The van der Waals surface area contributed by atoms with Crippen LogP contribution in [-0.2, 0) is 6.54 Å². The molecule has 5 nitrogen and oxygen atoms in total. The Kier molecular flexibility index (Phi) is 5.61. The lowest BCUT2D eigenvalue weighted by atomic mass is 10.2. The van der Waals surface area contributed by atoms with Crippen LogP contribution in [0.3, 0.4) is 0 Å². The van der Waals surface area contributed by atoms with Crippen molar-refractivity contribution in [2.75, 3.05) is 13.2 Å². The highest BCUT2D eigenvalue weighted by Gasteiger charge is 2.11. The molecule has 2 heterocycles. The second kappa shape index (κ2) is 7.66. The summed E-state index contributed by atoms with van der Waals surface area (Å²) in [6, 6.07) is 9.19. The molecule has 0 aliphatic carbocycles. The molecule has 22 heavy (non-hydrogen) atoms. The van der Waals surface area contributed by atoms with Crippen molar-refractivity contribution in [3.8, 4) is 11.5 Å². The fourth-order valence-corrected chi connectivity index (χ4v) is 2.10. The van der Waals surface area contributed by atoms with E-state index in [-0.39, 0.29) is 18.3 Å². The van der Waals surface area contributed by atoms with Crippen LogP contribution in [0.15, 0.2) is 42.7 Å². The van der Waals surface area contributed by atoms with Crippen LogP contribution in [0.2, 0.25) is 0 Å². The number of halogens is 1. The maximum Gasteiger partial charge on any atom is 0.253 e. The zero-order valence-corrected chi connectivity index (χ0v) is 12.8. The number of rotatable bonds is 3. The molecule has 1 aromatic carbocycles. The van der Waals surface area contributed by atoms with E-state index in [4.69, 9.17) is 9.47 Å². The van der Waals surface area contributed by atoms with Gasteiger partial charge in [0.1, 0.15) is 0 Å². The first-order chi connectivity index (χ1) is 10.3. The highest BCUT2D eigenvalue weighted by Crippen LogP contribution is 2.30. The molecule has 6 heteroatoms. The van der Waals surface area contributed by atoms with E-state index < -0.39 is 0 Å². The van der Waals surface area contributed by atoms with Crippen LogP contribution in [0.25, 0.3) is 0 Å². The number of carbonyl (C=O) groups is 1. The van der Waals surface area contributed by atoms with Gasteiger partial charge in [0.05, 0.1) is 18.8 Å². The van der Waals surface area contributed by atoms with Crippen molar-refractivity contribution in [3.05, 3.63) is 53.9 Å². The van der Waals surface area contributed by atoms with E-state index in [0.717, 1.165) is 23.5 Å². The average Bonchev–Trinajstić information content (AvgIpc) is 2.78. The second-order valence-corrected chi connectivity index (χ2v) is 4.76. The summed E-state index contributed by atoms with van der Waals surface area (Å²) in [5.41, 5.74) is 1.52. The number of nitrogens with zero attached hydrogens (tertiary/aromatic N) is 1. The maximum atomic E-state index is 12.0. The van der Waals surface area contributed by atoms with E-state index >= 15 is 0 Å². The van der Waals surface area contributed by atoms with Crippen molar-refractivity contribution in [1.29, 1.82) is 0 Å². The number of amides is 1. The minimum atomic E-state index is -0.143. The van der Waals surface area contributed by atoms with Crippen molar-refractivity contribution >= 4 is 18.3 Å². The fourth-order valence-electron chi connectivity index (χ4n) is 2.10. The molecule has 1 amide bonds. The molecule has 2 aromatic rings. The maximum absolute atomic E-state index is 12.0. The zero-order chi connectivity index (χ0) is 14.5. The molecule has 0 atom stereocenters. The van der Waals surface area contributed by atoms with Gasteiger partial charge in [-0.05, 0) is 29.8 Å². The molecule has 0 unspecified atom stereocenters. The van der Waals surface area contributed by atoms with Gasteiger partial charge in [-0.3, -0.25) is 9.78 Å². The van der Waals surface area contributed by atoms with Gasteiger partial charge in [-0.2, -0.15) is 0 Å². The lowest BCUT2D eigenvalue weighted by molar-refractivity contribution is 0.0950. The van der Waals surface area contributed by atoms with E-state index in [2.05, 4.69) is 10.3 Å². The Labute approximate surface area is 135 Å². The predicted molar refractivity (Wildman–Crippen MR) is 84.7 cm³/mol. The van der Waals surface area contributed by atoms with Gasteiger partial charge in [0.2, 0.25) is 0 Å². The minimum Gasteiger partial charge on any atom is -0.490 e. The van der Waals surface area contributed by atoms with Crippen LogP contribution >= 0.6 is 12.4 Å². The standard InChI is InChI=1S/C16H16N2O3.ClH/c19-16(13-3-1-6-17-11-13)18-10-12-4-5-14-15(9-12)21-8-2-7-20-14;/h1,3-6,9,11H,2,7-8,10H2,(H,18,19);1H. The number of benzene rings is 1. The highest BCUT2D eigenvalue weighted by molar-refractivity contribution is 5.93. The van der Waals surface area contributed by atoms with Crippen LogP contribution < -0.4 is 14.8 Å². The van der Waals surface area contributed by atoms with Gasteiger partial charge in [-0.1, -0.05) is 6.07 Å². The summed E-state index contributed by atoms with van der Waals surface area (Å²) in [4.78, 5) is 15.9. The van der Waals surface area contributed by atoms with Crippen LogP contribution in [0.1, 0.15) is 22.3 Å². The topological polar surface area (TPSA) is 60.5 Å². The van der Waals surface area contributed by atoms with Gasteiger partial charge >= 0.3 is 0 Å². The summed E-state index contributed by atoms with van der Waals surface area (Å²) in [5.74, 6) is 1.35. The first-order valence-electron chi connectivity index (χ1n) is 6.90. The van der Waals surface area contributed by atoms with Crippen molar-refractivity contribution < 1.29 is 14.3 Å². The molecule has 1 aliphatic heterocycles. The predicted octanol–water partition coefficient (Wildman–Crippen LogP) is 2.59. The van der Waals surface area contributed by atoms with Gasteiger partial charge in [0.25, 0.3) is 5.91 Å². The first-order valence-corrected chi connectivity index (χ1v) is 6.90. The number of fused-ring (bicyclic) bond motifs is 1. The minimum absolute atomic E-state index is 0. The molecule has 0 spiro atoms. The number of pyridine rings is 1. The fraction of sp³-hybridized carbons (Fsp3) is 0.250. The van der Waals surface area contributed by atoms with Gasteiger partial charge in [0, 0.05) is 25.4 Å². The Bertz CT molecular complexity index is 635. The van der Waals surface area contributed by atoms with Crippen molar-refractivity contribution in [2.45, 2.75) is 13.0 Å². The number of nitrogens with one attached hydrogen (secondary N) is 1. The van der Waals surface area contributed by atoms with E-state index in [0.29, 0.717) is 25.3 Å². The van der Waals surface area contributed by atoms with Gasteiger partial charge in [0.15, 0.2) is 11.5 Å². The SMILES string of the molecule is Cl.O=C(NCc1ccc2c(c1)OCCCO2)c1cccnc1. The molecular formula is C16H17ClN2O3.